The molecule has 0 aromatic heterocycles. The van der Waals surface area contributed by atoms with Gasteiger partial charge in [-0.25, -0.2) is 0 Å². The van der Waals surface area contributed by atoms with Crippen LogP contribution in [-0.4, -0.2) is 36.7 Å². The summed E-state index contributed by atoms with van der Waals surface area (Å²) in [6, 6.07) is 0. The minimum absolute atomic E-state index is 0.323. The van der Waals surface area contributed by atoms with Crippen molar-refractivity contribution in [3.63, 3.8) is 0 Å². The number of hydrogen-bond acceptors (Lipinski definition) is 2. The molecule has 0 N–H and O–H groups in total. The average Bonchev–Trinajstić information content (AvgIpc) is 2.24. The van der Waals surface area contributed by atoms with Crippen LogP contribution < -0.4 is 0 Å². The summed E-state index contributed by atoms with van der Waals surface area (Å²) in [5.41, 5.74) is 0.323. The summed E-state index contributed by atoms with van der Waals surface area (Å²) in [5, 5.41) is 0. The van der Waals surface area contributed by atoms with Gasteiger partial charge >= 0.3 is 0 Å². The van der Waals surface area contributed by atoms with Crippen molar-refractivity contribution in [1.82, 2.24) is 4.90 Å². The minimum Gasteiger partial charge on any atom is -0.379 e. The van der Waals surface area contributed by atoms with Crippen LogP contribution in [0.2, 0.25) is 0 Å². The third kappa shape index (κ3) is 7.34. The first-order valence-electron chi connectivity index (χ1n) is 5.93. The molecule has 1 saturated heterocycles. The minimum atomic E-state index is 0.323. The lowest BCUT2D eigenvalue weighted by atomic mass is 10.1. The van der Waals surface area contributed by atoms with E-state index in [-0.39, 0.29) is 0 Å². The Balaban J connectivity index is 0. The van der Waals surface area contributed by atoms with E-state index >= 15 is 0 Å². The molecule has 0 aromatic rings. The number of ether oxygens (including phenoxy) is 1. The van der Waals surface area contributed by atoms with Crippen molar-refractivity contribution in [2.45, 2.75) is 54.0 Å². The maximum absolute atomic E-state index is 5.25. The number of hydrogen-bond donors (Lipinski definition) is 0. The summed E-state index contributed by atoms with van der Waals surface area (Å²) >= 11 is 0. The Morgan fingerprint density at radius 2 is 1.21 bits per heavy atom. The molecule has 1 aliphatic heterocycles. The highest BCUT2D eigenvalue weighted by Crippen LogP contribution is 2.13. The Bertz CT molecular complexity index is 101. The average molecular weight is 203 g/mol. The van der Waals surface area contributed by atoms with Crippen molar-refractivity contribution < 1.29 is 4.74 Å². The molecule has 2 nitrogen and oxygen atoms in total. The standard InChI is InChI=1S/C8H17NO.2C2H6/c1-8(2,3)9-4-6-10-7-5-9;2*1-2/h4-7H2,1-3H3;2*1-2H3. The number of rotatable bonds is 0. The summed E-state index contributed by atoms with van der Waals surface area (Å²) < 4.78 is 5.25. The van der Waals surface area contributed by atoms with E-state index in [0.29, 0.717) is 5.54 Å². The molecule has 14 heavy (non-hydrogen) atoms. The van der Waals surface area contributed by atoms with Gasteiger partial charge in [0.2, 0.25) is 0 Å². The molecule has 0 spiro atoms. The van der Waals surface area contributed by atoms with Crippen molar-refractivity contribution in [3.05, 3.63) is 0 Å². The second-order valence-electron chi connectivity index (χ2n) is 3.77. The van der Waals surface area contributed by atoms with Crippen LogP contribution in [-0.2, 0) is 4.74 Å². The molecule has 0 aromatic carbocycles. The van der Waals surface area contributed by atoms with E-state index in [0.717, 1.165) is 26.3 Å². The van der Waals surface area contributed by atoms with Crippen LogP contribution in [0.15, 0.2) is 0 Å². The van der Waals surface area contributed by atoms with Gasteiger partial charge in [-0.3, -0.25) is 4.90 Å². The van der Waals surface area contributed by atoms with Gasteiger partial charge in [-0.05, 0) is 20.8 Å². The van der Waals surface area contributed by atoms with Gasteiger partial charge in [0.15, 0.2) is 0 Å². The van der Waals surface area contributed by atoms with Gasteiger partial charge in [-0.1, -0.05) is 27.7 Å². The lowest BCUT2D eigenvalue weighted by Gasteiger charge is -2.38. The molecule has 0 radical (unpaired) electrons. The maximum atomic E-state index is 5.25. The van der Waals surface area contributed by atoms with Crippen LogP contribution >= 0.6 is 0 Å². The van der Waals surface area contributed by atoms with Crippen LogP contribution in [0.25, 0.3) is 0 Å². The highest BCUT2D eigenvalue weighted by molar-refractivity contribution is 4.77. The van der Waals surface area contributed by atoms with Gasteiger partial charge in [-0.2, -0.15) is 0 Å². The Kier molecular flexibility index (Phi) is 11.1. The largest absolute Gasteiger partial charge is 0.379 e. The summed E-state index contributed by atoms with van der Waals surface area (Å²) in [6.07, 6.45) is 0. The summed E-state index contributed by atoms with van der Waals surface area (Å²) in [7, 11) is 0. The number of morpholine rings is 1. The van der Waals surface area contributed by atoms with Crippen LogP contribution in [0.1, 0.15) is 48.5 Å². The molecule has 2 heteroatoms. The molecular weight excluding hydrogens is 174 g/mol. The van der Waals surface area contributed by atoms with E-state index in [4.69, 9.17) is 4.74 Å². The third-order valence-corrected chi connectivity index (χ3v) is 1.96. The predicted octanol–water partition coefficient (Wildman–Crippen LogP) is 3.17. The summed E-state index contributed by atoms with van der Waals surface area (Å²) in [6.45, 7) is 18.7. The molecule has 0 bridgehead atoms. The molecule has 1 fully saturated rings. The molecule has 0 aliphatic carbocycles. The third-order valence-electron chi connectivity index (χ3n) is 1.96. The monoisotopic (exact) mass is 203 g/mol. The molecule has 88 valence electrons. The maximum Gasteiger partial charge on any atom is 0.0594 e. The van der Waals surface area contributed by atoms with Gasteiger partial charge < -0.3 is 4.74 Å². The first-order chi connectivity index (χ1) is 6.61. The van der Waals surface area contributed by atoms with E-state index in [1.807, 2.05) is 27.7 Å². The zero-order valence-electron chi connectivity index (χ0n) is 11.2. The molecule has 0 amide bonds. The predicted molar refractivity (Wildman–Crippen MR) is 64.8 cm³/mol. The van der Waals surface area contributed by atoms with Crippen LogP contribution in [0.3, 0.4) is 0 Å². The normalized spacial score (nSPS) is 17.4. The van der Waals surface area contributed by atoms with Gasteiger partial charge in [-0.15, -0.1) is 0 Å². The van der Waals surface area contributed by atoms with Crippen LogP contribution in [0.4, 0.5) is 0 Å². The highest BCUT2D eigenvalue weighted by atomic mass is 16.5. The van der Waals surface area contributed by atoms with Gasteiger partial charge in [0.25, 0.3) is 0 Å². The van der Waals surface area contributed by atoms with E-state index in [2.05, 4.69) is 25.7 Å². The molecule has 0 unspecified atom stereocenters. The van der Waals surface area contributed by atoms with E-state index < -0.39 is 0 Å². The van der Waals surface area contributed by atoms with Crippen molar-refractivity contribution in [2.24, 2.45) is 0 Å². The quantitative estimate of drug-likeness (QED) is 0.599. The van der Waals surface area contributed by atoms with Gasteiger partial charge in [0.05, 0.1) is 13.2 Å². The lowest BCUT2D eigenvalue weighted by molar-refractivity contribution is -0.00389. The van der Waals surface area contributed by atoms with Crippen molar-refractivity contribution in [1.29, 1.82) is 0 Å². The summed E-state index contributed by atoms with van der Waals surface area (Å²) in [4.78, 5) is 2.45. The first-order valence-corrected chi connectivity index (χ1v) is 5.93. The Labute approximate surface area is 90.6 Å². The fourth-order valence-electron chi connectivity index (χ4n) is 1.23. The topological polar surface area (TPSA) is 12.5 Å². The SMILES string of the molecule is CC.CC.CC(C)(C)N1CCOCC1. The zero-order chi connectivity index (χ0) is 11.6. The smallest absolute Gasteiger partial charge is 0.0594 e. The molecule has 1 heterocycles. The molecule has 0 atom stereocenters. The highest BCUT2D eigenvalue weighted by Gasteiger charge is 2.22. The second kappa shape index (κ2) is 9.47. The molecule has 1 aliphatic rings. The Hall–Kier alpha value is -0.0800. The number of nitrogens with zero attached hydrogens (tertiary/aromatic N) is 1. The Morgan fingerprint density at radius 3 is 1.43 bits per heavy atom. The van der Waals surface area contributed by atoms with Gasteiger partial charge in [0.1, 0.15) is 0 Å². The van der Waals surface area contributed by atoms with Gasteiger partial charge in [0, 0.05) is 18.6 Å². The molecule has 0 saturated carbocycles. The van der Waals surface area contributed by atoms with E-state index in [1.54, 1.807) is 0 Å². The van der Waals surface area contributed by atoms with Crippen LogP contribution in [0.5, 0.6) is 0 Å². The van der Waals surface area contributed by atoms with Crippen LogP contribution in [0, 0.1) is 0 Å². The molecular formula is C12H29NO. The van der Waals surface area contributed by atoms with E-state index in [9.17, 15) is 0 Å². The molecule has 1 rings (SSSR count). The van der Waals surface area contributed by atoms with Crippen molar-refractivity contribution >= 4 is 0 Å². The van der Waals surface area contributed by atoms with E-state index in [1.165, 1.54) is 0 Å². The van der Waals surface area contributed by atoms with Crippen molar-refractivity contribution in [3.8, 4) is 0 Å². The fourth-order valence-corrected chi connectivity index (χ4v) is 1.23. The van der Waals surface area contributed by atoms with Crippen molar-refractivity contribution in [2.75, 3.05) is 26.3 Å². The zero-order valence-corrected chi connectivity index (χ0v) is 11.2. The fraction of sp³-hybridized carbons (Fsp3) is 1.00. The first kappa shape index (κ1) is 16.4. The Morgan fingerprint density at radius 1 is 0.857 bits per heavy atom. The summed E-state index contributed by atoms with van der Waals surface area (Å²) in [5.74, 6) is 0. The lowest BCUT2D eigenvalue weighted by Crippen LogP contribution is -2.47. The second-order valence-corrected chi connectivity index (χ2v) is 3.77.